The van der Waals surface area contributed by atoms with Crippen LogP contribution in [0.25, 0.3) is 0 Å². The molecule has 2 nitrogen and oxygen atoms in total. The highest BCUT2D eigenvalue weighted by Crippen LogP contribution is 2.30. The maximum Gasteiger partial charge on any atom is 0.305 e. The molecule has 0 aliphatic heterocycles. The summed E-state index contributed by atoms with van der Waals surface area (Å²) in [6, 6.07) is 0. The van der Waals surface area contributed by atoms with Crippen LogP contribution in [0, 0.1) is 11.8 Å². The van der Waals surface area contributed by atoms with E-state index < -0.39 is 0 Å². The third-order valence-corrected chi connectivity index (χ3v) is 8.15. The number of esters is 1. The highest BCUT2D eigenvalue weighted by atomic mass is 16.5. The van der Waals surface area contributed by atoms with E-state index in [0.29, 0.717) is 13.0 Å². The molecule has 0 aromatic heterocycles. The van der Waals surface area contributed by atoms with Crippen LogP contribution in [0.1, 0.15) is 195 Å². The summed E-state index contributed by atoms with van der Waals surface area (Å²) in [5.41, 5.74) is 0. The molecular formula is C34H68O2. The van der Waals surface area contributed by atoms with Gasteiger partial charge >= 0.3 is 5.97 Å². The van der Waals surface area contributed by atoms with Crippen LogP contribution in [-0.4, -0.2) is 12.6 Å². The molecule has 0 rings (SSSR count). The van der Waals surface area contributed by atoms with Crippen molar-refractivity contribution in [1.29, 1.82) is 0 Å². The minimum Gasteiger partial charge on any atom is -0.466 e. The molecule has 36 heavy (non-hydrogen) atoms. The number of carbonyl (C=O) groups is 1. The smallest absolute Gasteiger partial charge is 0.305 e. The minimum absolute atomic E-state index is 0.0370. The molecule has 0 radical (unpaired) electrons. The predicted octanol–water partition coefficient (Wildman–Crippen LogP) is 12.0. The topological polar surface area (TPSA) is 26.3 Å². The summed E-state index contributed by atoms with van der Waals surface area (Å²) in [5, 5.41) is 0. The molecule has 2 unspecified atom stereocenters. The lowest BCUT2D eigenvalue weighted by molar-refractivity contribution is -0.144. The van der Waals surface area contributed by atoms with E-state index in [2.05, 4.69) is 27.7 Å². The van der Waals surface area contributed by atoms with Crippen LogP contribution in [0.3, 0.4) is 0 Å². The highest BCUT2D eigenvalue weighted by molar-refractivity contribution is 5.69. The first kappa shape index (κ1) is 35.5. The third-order valence-electron chi connectivity index (χ3n) is 8.15. The Morgan fingerprint density at radius 1 is 0.444 bits per heavy atom. The molecule has 0 saturated carbocycles. The van der Waals surface area contributed by atoms with Crippen molar-refractivity contribution in [2.24, 2.45) is 11.8 Å². The van der Waals surface area contributed by atoms with Gasteiger partial charge in [0.25, 0.3) is 0 Å². The van der Waals surface area contributed by atoms with Gasteiger partial charge in [-0.05, 0) is 24.7 Å². The number of unbranched alkanes of at least 4 members (excludes halogenated alkanes) is 17. The Hall–Kier alpha value is -0.530. The molecule has 0 spiro atoms. The van der Waals surface area contributed by atoms with E-state index in [1.807, 2.05) is 0 Å². The Morgan fingerprint density at radius 3 is 1.28 bits per heavy atom. The van der Waals surface area contributed by atoms with Crippen molar-refractivity contribution >= 4 is 5.97 Å². The second kappa shape index (κ2) is 29.0. The van der Waals surface area contributed by atoms with E-state index in [-0.39, 0.29) is 5.97 Å². The van der Waals surface area contributed by atoms with Gasteiger partial charge in [0, 0.05) is 6.42 Å². The van der Waals surface area contributed by atoms with Gasteiger partial charge in [0.05, 0.1) is 6.61 Å². The molecule has 0 aliphatic rings. The first-order valence-electron chi connectivity index (χ1n) is 16.8. The molecule has 0 amide bonds. The van der Waals surface area contributed by atoms with Gasteiger partial charge in [0.1, 0.15) is 0 Å². The quantitative estimate of drug-likeness (QED) is 0.0741. The molecule has 0 saturated heterocycles. The van der Waals surface area contributed by atoms with Crippen molar-refractivity contribution in [3.8, 4) is 0 Å². The summed E-state index contributed by atoms with van der Waals surface area (Å²) < 4.78 is 5.67. The van der Waals surface area contributed by atoms with Gasteiger partial charge in [-0.15, -0.1) is 0 Å². The molecule has 0 aromatic carbocycles. The second-order valence-corrected chi connectivity index (χ2v) is 11.7. The Bertz CT molecular complexity index is 433. The Morgan fingerprint density at radius 2 is 0.833 bits per heavy atom. The molecule has 0 aliphatic carbocycles. The SMILES string of the molecule is CCCCCCCCCCCCCCCCCC(=O)OCCC(CCC)C(CCC)CCCCCC. The lowest BCUT2D eigenvalue weighted by Crippen LogP contribution is -2.18. The van der Waals surface area contributed by atoms with E-state index in [1.54, 1.807) is 0 Å². The van der Waals surface area contributed by atoms with E-state index in [9.17, 15) is 4.79 Å². The molecule has 0 N–H and O–H groups in total. The van der Waals surface area contributed by atoms with Gasteiger partial charge in [-0.2, -0.15) is 0 Å². The lowest BCUT2D eigenvalue weighted by Gasteiger charge is -2.27. The van der Waals surface area contributed by atoms with Crippen LogP contribution < -0.4 is 0 Å². The van der Waals surface area contributed by atoms with Gasteiger partial charge in [0.2, 0.25) is 0 Å². The summed E-state index contributed by atoms with van der Waals surface area (Å²) >= 11 is 0. The number of hydrogen-bond donors (Lipinski definition) is 0. The average molecular weight is 509 g/mol. The molecule has 0 bridgehead atoms. The van der Waals surface area contributed by atoms with Crippen molar-refractivity contribution in [2.75, 3.05) is 6.61 Å². The molecule has 0 fully saturated rings. The molecule has 0 heterocycles. The normalized spacial score (nSPS) is 13.1. The van der Waals surface area contributed by atoms with Crippen molar-refractivity contribution in [2.45, 2.75) is 195 Å². The van der Waals surface area contributed by atoms with Gasteiger partial charge in [-0.3, -0.25) is 4.79 Å². The van der Waals surface area contributed by atoms with Gasteiger partial charge < -0.3 is 4.74 Å². The van der Waals surface area contributed by atoms with E-state index in [1.165, 1.54) is 148 Å². The zero-order valence-electron chi connectivity index (χ0n) is 25.6. The van der Waals surface area contributed by atoms with Crippen molar-refractivity contribution < 1.29 is 9.53 Å². The first-order valence-corrected chi connectivity index (χ1v) is 16.8. The molecule has 216 valence electrons. The van der Waals surface area contributed by atoms with Crippen molar-refractivity contribution in [1.82, 2.24) is 0 Å². The maximum absolute atomic E-state index is 12.2. The second-order valence-electron chi connectivity index (χ2n) is 11.7. The van der Waals surface area contributed by atoms with Crippen molar-refractivity contribution in [3.63, 3.8) is 0 Å². The molecular weight excluding hydrogens is 440 g/mol. The Kier molecular flexibility index (Phi) is 28.6. The number of ether oxygens (including phenoxy) is 1. The van der Waals surface area contributed by atoms with Gasteiger partial charge in [0.15, 0.2) is 0 Å². The number of rotatable bonds is 29. The van der Waals surface area contributed by atoms with E-state index in [4.69, 9.17) is 4.74 Å². The fraction of sp³-hybridized carbons (Fsp3) is 0.971. The molecule has 2 atom stereocenters. The van der Waals surface area contributed by atoms with Crippen molar-refractivity contribution in [3.05, 3.63) is 0 Å². The standard InChI is InChI=1S/C34H68O2/c1-5-9-11-13-14-15-16-17-18-19-20-21-22-23-25-29-34(35)36-31-30-33(27-8-4)32(26-7-3)28-24-12-10-6-2/h32-33H,5-31H2,1-4H3. The first-order chi connectivity index (χ1) is 17.7. The maximum atomic E-state index is 12.2. The van der Waals surface area contributed by atoms with Gasteiger partial charge in [-0.1, -0.05) is 175 Å². The summed E-state index contributed by atoms with van der Waals surface area (Å²) in [6.45, 7) is 9.83. The fourth-order valence-electron chi connectivity index (χ4n) is 5.84. The van der Waals surface area contributed by atoms with E-state index >= 15 is 0 Å². The fourth-order valence-corrected chi connectivity index (χ4v) is 5.84. The van der Waals surface area contributed by atoms with Crippen LogP contribution >= 0.6 is 0 Å². The zero-order valence-corrected chi connectivity index (χ0v) is 25.6. The number of hydrogen-bond acceptors (Lipinski definition) is 2. The summed E-state index contributed by atoms with van der Waals surface area (Å²) in [7, 11) is 0. The minimum atomic E-state index is 0.0370. The van der Waals surface area contributed by atoms with Gasteiger partial charge in [-0.25, -0.2) is 0 Å². The van der Waals surface area contributed by atoms with Crippen LogP contribution in [0.5, 0.6) is 0 Å². The monoisotopic (exact) mass is 509 g/mol. The Labute approximate surface area is 228 Å². The zero-order chi connectivity index (χ0) is 26.5. The lowest BCUT2D eigenvalue weighted by atomic mass is 9.80. The van der Waals surface area contributed by atoms with Crippen LogP contribution in [0.4, 0.5) is 0 Å². The van der Waals surface area contributed by atoms with Crippen LogP contribution in [-0.2, 0) is 9.53 Å². The Balaban J connectivity index is 3.72. The van der Waals surface area contributed by atoms with E-state index in [0.717, 1.165) is 24.7 Å². The van der Waals surface area contributed by atoms with Crippen LogP contribution in [0.2, 0.25) is 0 Å². The van der Waals surface area contributed by atoms with Crippen LogP contribution in [0.15, 0.2) is 0 Å². The summed E-state index contributed by atoms with van der Waals surface area (Å²) in [4.78, 5) is 12.2. The molecule has 0 aromatic rings. The molecule has 2 heteroatoms. The summed E-state index contributed by atoms with van der Waals surface area (Å²) in [5.74, 6) is 1.59. The number of carbonyl (C=O) groups excluding carboxylic acids is 1. The summed E-state index contributed by atoms with van der Waals surface area (Å²) in [6.07, 6.45) is 34.0. The highest BCUT2D eigenvalue weighted by Gasteiger charge is 2.20. The predicted molar refractivity (Wildman–Crippen MR) is 161 cm³/mol. The largest absolute Gasteiger partial charge is 0.466 e. The third kappa shape index (κ3) is 23.8. The average Bonchev–Trinajstić information content (AvgIpc) is 2.87.